The Morgan fingerprint density at radius 2 is 1.57 bits per heavy atom. The molecule has 9 nitrogen and oxygen atoms in total. The van der Waals surface area contributed by atoms with Gasteiger partial charge in [0.15, 0.2) is 11.5 Å². The smallest absolute Gasteiger partial charge is 0.264 e. The van der Waals surface area contributed by atoms with Gasteiger partial charge in [0.2, 0.25) is 11.8 Å². The van der Waals surface area contributed by atoms with E-state index >= 15 is 0 Å². The van der Waals surface area contributed by atoms with Crippen molar-refractivity contribution in [3.05, 3.63) is 82.9 Å². The fraction of sp³-hybridized carbons (Fsp3) is 0.355. The zero-order chi connectivity index (χ0) is 31.0. The summed E-state index contributed by atoms with van der Waals surface area (Å²) in [6.45, 7) is 7.31. The lowest BCUT2D eigenvalue weighted by molar-refractivity contribution is -0.139. The van der Waals surface area contributed by atoms with E-state index in [9.17, 15) is 18.0 Å². The Hall–Kier alpha value is -3.76. The van der Waals surface area contributed by atoms with Gasteiger partial charge in [-0.25, -0.2) is 8.42 Å². The number of carbonyl (C=O) groups excluding carboxylic acids is 2. The normalized spacial score (nSPS) is 12.0. The molecule has 0 saturated carbocycles. The number of nitrogens with zero attached hydrogens (tertiary/aromatic N) is 2. The quantitative estimate of drug-likeness (QED) is 0.289. The molecule has 0 bridgehead atoms. The average Bonchev–Trinajstić information content (AvgIpc) is 2.97. The zero-order valence-corrected chi connectivity index (χ0v) is 26.3. The molecule has 226 valence electrons. The van der Waals surface area contributed by atoms with Crippen LogP contribution in [0.1, 0.15) is 31.9 Å². The van der Waals surface area contributed by atoms with Crippen LogP contribution < -0.4 is 19.1 Å². The summed E-state index contributed by atoms with van der Waals surface area (Å²) in [6.07, 6.45) is 0. The number of aryl methyl sites for hydroxylation is 1. The number of ether oxygens (including phenoxy) is 2. The number of anilines is 1. The van der Waals surface area contributed by atoms with Gasteiger partial charge in [0.25, 0.3) is 10.0 Å². The molecule has 0 spiro atoms. The van der Waals surface area contributed by atoms with E-state index in [1.165, 1.54) is 37.3 Å². The first-order valence-corrected chi connectivity index (χ1v) is 15.3. The zero-order valence-electron chi connectivity index (χ0n) is 24.8. The molecule has 2 amide bonds. The second-order valence-corrected chi connectivity index (χ2v) is 12.6. The van der Waals surface area contributed by atoms with Gasteiger partial charge in [0.05, 0.1) is 24.8 Å². The lowest BCUT2D eigenvalue weighted by Crippen LogP contribution is -2.51. The van der Waals surface area contributed by atoms with Crippen LogP contribution >= 0.6 is 11.6 Å². The van der Waals surface area contributed by atoms with E-state index in [4.69, 9.17) is 21.1 Å². The first-order valence-electron chi connectivity index (χ1n) is 13.5. The highest BCUT2D eigenvalue weighted by Gasteiger charge is 2.33. The molecule has 0 saturated heterocycles. The Labute approximate surface area is 253 Å². The number of halogens is 1. The molecule has 1 atom stereocenters. The molecule has 0 aliphatic rings. The SMILES string of the molecule is COc1ccc(S(=O)(=O)N(CC(=O)N(Cc2ccccc2Cl)C(C)C(=O)NCC(C)C)c2ccc(C)cc2)cc1OC. The molecule has 3 aromatic rings. The Morgan fingerprint density at radius 1 is 0.929 bits per heavy atom. The second-order valence-electron chi connectivity index (χ2n) is 10.3. The number of hydrogen-bond donors (Lipinski definition) is 1. The maximum atomic E-state index is 14.1. The van der Waals surface area contributed by atoms with Crippen molar-refractivity contribution in [2.24, 2.45) is 5.92 Å². The molecule has 1 unspecified atom stereocenters. The van der Waals surface area contributed by atoms with Crippen molar-refractivity contribution >= 4 is 39.1 Å². The van der Waals surface area contributed by atoms with Gasteiger partial charge in [0, 0.05) is 24.2 Å². The van der Waals surface area contributed by atoms with Crippen LogP contribution in [0.25, 0.3) is 0 Å². The van der Waals surface area contributed by atoms with E-state index in [0.717, 1.165) is 9.87 Å². The first-order chi connectivity index (χ1) is 19.9. The maximum absolute atomic E-state index is 14.1. The molecule has 0 heterocycles. The van der Waals surface area contributed by atoms with Crippen LogP contribution in [-0.4, -0.2) is 58.5 Å². The van der Waals surface area contributed by atoms with Crippen molar-refractivity contribution in [2.75, 3.05) is 31.6 Å². The lowest BCUT2D eigenvalue weighted by atomic mass is 10.1. The standard InChI is InChI=1S/C31H38ClN3O6S/c1-21(2)18-33-31(37)23(4)34(19-24-9-7-8-10-27(24)32)30(36)20-35(25-13-11-22(3)12-14-25)42(38,39)26-15-16-28(40-5)29(17-26)41-6/h7-17,21,23H,18-20H2,1-6H3,(H,33,37). The van der Waals surface area contributed by atoms with Crippen molar-refractivity contribution in [3.63, 3.8) is 0 Å². The second kappa shape index (κ2) is 14.4. The molecule has 0 radical (unpaired) electrons. The van der Waals surface area contributed by atoms with Crippen molar-refractivity contribution < 1.29 is 27.5 Å². The molecule has 0 fully saturated rings. The molecule has 0 aromatic heterocycles. The summed E-state index contributed by atoms with van der Waals surface area (Å²) in [4.78, 5) is 28.4. The lowest BCUT2D eigenvalue weighted by Gasteiger charge is -2.32. The first kappa shape index (κ1) is 32.8. The van der Waals surface area contributed by atoms with Gasteiger partial charge in [-0.3, -0.25) is 13.9 Å². The summed E-state index contributed by atoms with van der Waals surface area (Å²) in [5, 5.41) is 3.29. The Morgan fingerprint density at radius 3 is 2.17 bits per heavy atom. The third-order valence-electron chi connectivity index (χ3n) is 6.69. The van der Waals surface area contributed by atoms with E-state index in [0.29, 0.717) is 28.6 Å². The fourth-order valence-corrected chi connectivity index (χ4v) is 5.81. The predicted octanol–water partition coefficient (Wildman–Crippen LogP) is 5.05. The molecule has 0 aliphatic carbocycles. The summed E-state index contributed by atoms with van der Waals surface area (Å²) >= 11 is 6.42. The summed E-state index contributed by atoms with van der Waals surface area (Å²) in [6, 6.07) is 17.1. The van der Waals surface area contributed by atoms with E-state index in [1.807, 2.05) is 20.8 Å². The van der Waals surface area contributed by atoms with Crippen molar-refractivity contribution in [1.29, 1.82) is 0 Å². The maximum Gasteiger partial charge on any atom is 0.264 e. The summed E-state index contributed by atoms with van der Waals surface area (Å²) in [5.41, 5.74) is 1.84. The topological polar surface area (TPSA) is 105 Å². The van der Waals surface area contributed by atoms with Crippen molar-refractivity contribution in [2.45, 2.75) is 45.2 Å². The fourth-order valence-electron chi connectivity index (χ4n) is 4.19. The molecular formula is C31H38ClN3O6S. The van der Waals surface area contributed by atoms with E-state index in [-0.39, 0.29) is 29.0 Å². The Balaban J connectivity index is 2.06. The number of methoxy groups -OCH3 is 2. The minimum atomic E-state index is -4.28. The van der Waals surface area contributed by atoms with Crippen LogP contribution in [0.3, 0.4) is 0 Å². The van der Waals surface area contributed by atoms with Crippen molar-refractivity contribution in [3.8, 4) is 11.5 Å². The van der Waals surface area contributed by atoms with E-state index in [2.05, 4.69) is 5.32 Å². The average molecular weight is 616 g/mol. The monoisotopic (exact) mass is 615 g/mol. The van der Waals surface area contributed by atoms with Crippen molar-refractivity contribution in [1.82, 2.24) is 10.2 Å². The minimum absolute atomic E-state index is 0.00686. The number of sulfonamides is 1. The van der Waals surface area contributed by atoms with Crippen LogP contribution in [0.4, 0.5) is 5.69 Å². The van der Waals surface area contributed by atoms with Crippen LogP contribution in [0.2, 0.25) is 5.02 Å². The van der Waals surface area contributed by atoms with Crippen LogP contribution in [-0.2, 0) is 26.2 Å². The number of amides is 2. The van der Waals surface area contributed by atoms with Gasteiger partial charge in [-0.15, -0.1) is 0 Å². The molecule has 0 aliphatic heterocycles. The molecule has 3 aromatic carbocycles. The van der Waals surface area contributed by atoms with Crippen LogP contribution in [0, 0.1) is 12.8 Å². The summed E-state index contributed by atoms with van der Waals surface area (Å²) < 4.78 is 39.8. The molecule has 42 heavy (non-hydrogen) atoms. The predicted molar refractivity (Wildman–Crippen MR) is 165 cm³/mol. The van der Waals surface area contributed by atoms with Gasteiger partial charge in [0.1, 0.15) is 12.6 Å². The van der Waals surface area contributed by atoms with E-state index < -0.39 is 28.5 Å². The third-order valence-corrected chi connectivity index (χ3v) is 8.83. The van der Waals surface area contributed by atoms with E-state index in [1.54, 1.807) is 55.5 Å². The highest BCUT2D eigenvalue weighted by Crippen LogP contribution is 2.32. The highest BCUT2D eigenvalue weighted by molar-refractivity contribution is 7.92. The van der Waals surface area contributed by atoms with Gasteiger partial charge in [-0.2, -0.15) is 0 Å². The molecule has 3 rings (SSSR count). The summed E-state index contributed by atoms with van der Waals surface area (Å²) in [7, 11) is -1.41. The van der Waals surface area contributed by atoms with Gasteiger partial charge in [-0.1, -0.05) is 61.3 Å². The minimum Gasteiger partial charge on any atom is -0.493 e. The number of nitrogens with one attached hydrogen (secondary N) is 1. The summed E-state index contributed by atoms with van der Waals surface area (Å²) in [5.74, 6) is -0.135. The third kappa shape index (κ3) is 7.95. The Kier molecular flexibility index (Phi) is 11.2. The van der Waals surface area contributed by atoms with Crippen LogP contribution in [0.15, 0.2) is 71.6 Å². The van der Waals surface area contributed by atoms with Gasteiger partial charge >= 0.3 is 0 Å². The number of rotatable bonds is 13. The molecule has 11 heteroatoms. The largest absolute Gasteiger partial charge is 0.493 e. The highest BCUT2D eigenvalue weighted by atomic mass is 35.5. The number of carbonyl (C=O) groups is 2. The molecular weight excluding hydrogens is 578 g/mol. The van der Waals surface area contributed by atoms with Gasteiger partial charge < -0.3 is 19.7 Å². The Bertz CT molecular complexity index is 1490. The number of benzene rings is 3. The van der Waals surface area contributed by atoms with Crippen LogP contribution in [0.5, 0.6) is 11.5 Å². The van der Waals surface area contributed by atoms with Gasteiger partial charge in [-0.05, 0) is 55.7 Å². The molecule has 1 N–H and O–H groups in total. The number of hydrogen-bond acceptors (Lipinski definition) is 6.